The fraction of sp³-hybridized carbons (Fsp3) is 0.222. The van der Waals surface area contributed by atoms with E-state index in [0.717, 1.165) is 0 Å². The monoisotopic (exact) mass is 377 g/mol. The van der Waals surface area contributed by atoms with Gasteiger partial charge in [0.15, 0.2) is 16.6 Å². The lowest BCUT2D eigenvalue weighted by atomic mass is 10.1. The van der Waals surface area contributed by atoms with Crippen molar-refractivity contribution in [2.75, 3.05) is 14.2 Å². The zero-order valence-corrected chi connectivity index (χ0v) is 15.1. The molecule has 136 valence electrons. The molecule has 6 nitrogen and oxygen atoms in total. The molecule has 0 radical (unpaired) electrons. The molecule has 8 heteroatoms. The molecule has 3 rings (SSSR count). The van der Waals surface area contributed by atoms with Crippen LogP contribution in [0.15, 0.2) is 23.6 Å². The average Bonchev–Trinajstić information content (AvgIpc) is 3.18. The molecule has 0 amide bonds. The third-order valence-electron chi connectivity index (χ3n) is 4.17. The number of carbonyl (C=O) groups is 2. The molecule has 0 unspecified atom stereocenters. The number of carbonyl (C=O) groups excluding carboxylic acids is 1. The van der Waals surface area contributed by atoms with E-state index in [1.165, 1.54) is 36.2 Å². The van der Waals surface area contributed by atoms with Crippen LogP contribution in [-0.4, -0.2) is 35.8 Å². The lowest BCUT2D eigenvalue weighted by Crippen LogP contribution is -2.13. The molecular weight excluding hydrogens is 361 g/mol. The Morgan fingerprint density at radius 1 is 1.27 bits per heavy atom. The van der Waals surface area contributed by atoms with Crippen LogP contribution in [0.3, 0.4) is 0 Å². The maximum Gasteiger partial charge on any atom is 0.307 e. The van der Waals surface area contributed by atoms with Gasteiger partial charge in [0.05, 0.1) is 31.7 Å². The largest absolute Gasteiger partial charge is 0.494 e. The summed E-state index contributed by atoms with van der Waals surface area (Å²) in [6, 6.07) is 4.56. The molecule has 0 saturated carbocycles. The molecule has 0 aliphatic heterocycles. The number of hydrogen-bond donors (Lipinski definition) is 1. The van der Waals surface area contributed by atoms with Gasteiger partial charge in [-0.3, -0.25) is 14.2 Å². The second kappa shape index (κ2) is 6.80. The molecule has 1 aromatic carbocycles. The van der Waals surface area contributed by atoms with Gasteiger partial charge in [-0.2, -0.15) is 0 Å². The van der Waals surface area contributed by atoms with Gasteiger partial charge in [0, 0.05) is 22.5 Å². The fourth-order valence-electron chi connectivity index (χ4n) is 2.97. The van der Waals surface area contributed by atoms with Crippen LogP contribution in [0.1, 0.15) is 21.6 Å². The van der Waals surface area contributed by atoms with Crippen molar-refractivity contribution in [3.05, 3.63) is 46.2 Å². The molecule has 0 bridgehead atoms. The standard InChI is InChI=1S/C18H16FNO5S/c1-9-11(7-14(21)22)16-12(4-5-13(24-2)17(16)19)20(9)18(23)10-6-15(25-3)26-8-10/h4-6,8H,7H2,1-3H3,(H,21,22). The quantitative estimate of drug-likeness (QED) is 0.737. The van der Waals surface area contributed by atoms with Crippen molar-refractivity contribution in [1.82, 2.24) is 4.57 Å². The topological polar surface area (TPSA) is 77.8 Å². The smallest absolute Gasteiger partial charge is 0.307 e. The number of benzene rings is 1. The maximum atomic E-state index is 14.8. The molecule has 3 aromatic rings. The number of halogens is 1. The first-order chi connectivity index (χ1) is 12.4. The Balaban J connectivity index is 2.28. The molecule has 2 aromatic heterocycles. The van der Waals surface area contributed by atoms with Crippen molar-refractivity contribution in [3.63, 3.8) is 0 Å². The highest BCUT2D eigenvalue weighted by atomic mass is 32.1. The van der Waals surface area contributed by atoms with Gasteiger partial charge in [0.25, 0.3) is 5.91 Å². The highest BCUT2D eigenvalue weighted by Crippen LogP contribution is 2.34. The summed E-state index contributed by atoms with van der Waals surface area (Å²) in [4.78, 5) is 24.2. The molecule has 0 atom stereocenters. The normalized spacial score (nSPS) is 10.9. The third-order valence-corrected chi connectivity index (χ3v) is 5.06. The number of nitrogens with zero attached hydrogens (tertiary/aromatic N) is 1. The van der Waals surface area contributed by atoms with E-state index >= 15 is 0 Å². The number of ether oxygens (including phenoxy) is 2. The molecule has 1 N–H and O–H groups in total. The van der Waals surface area contributed by atoms with Crippen LogP contribution in [0.5, 0.6) is 10.8 Å². The van der Waals surface area contributed by atoms with E-state index in [0.29, 0.717) is 21.8 Å². The number of methoxy groups -OCH3 is 2. The fourth-order valence-corrected chi connectivity index (χ4v) is 3.67. The summed E-state index contributed by atoms with van der Waals surface area (Å²) in [5.41, 5.74) is 1.31. The molecule has 0 fully saturated rings. The van der Waals surface area contributed by atoms with Crippen LogP contribution in [0.25, 0.3) is 10.9 Å². The Bertz CT molecular complexity index is 1020. The first-order valence-corrected chi connectivity index (χ1v) is 8.52. The third kappa shape index (κ3) is 2.82. The van der Waals surface area contributed by atoms with E-state index in [2.05, 4.69) is 0 Å². The van der Waals surface area contributed by atoms with Crippen LogP contribution in [0, 0.1) is 12.7 Å². The van der Waals surface area contributed by atoms with Crippen molar-refractivity contribution in [2.24, 2.45) is 0 Å². The van der Waals surface area contributed by atoms with Gasteiger partial charge in [-0.05, 0) is 24.6 Å². The number of carboxylic acids is 1. The van der Waals surface area contributed by atoms with Crippen LogP contribution < -0.4 is 9.47 Å². The minimum atomic E-state index is -1.11. The molecular formula is C18H16FNO5S. The molecule has 26 heavy (non-hydrogen) atoms. The number of fused-ring (bicyclic) bond motifs is 1. The number of rotatable bonds is 5. The molecule has 0 saturated heterocycles. The van der Waals surface area contributed by atoms with Crippen LogP contribution in [0.2, 0.25) is 0 Å². The van der Waals surface area contributed by atoms with Crippen LogP contribution in [0.4, 0.5) is 4.39 Å². The summed E-state index contributed by atoms with van der Waals surface area (Å²) in [5, 5.41) is 11.5. The van der Waals surface area contributed by atoms with Gasteiger partial charge < -0.3 is 14.6 Å². The van der Waals surface area contributed by atoms with E-state index < -0.39 is 18.2 Å². The highest BCUT2D eigenvalue weighted by molar-refractivity contribution is 7.12. The van der Waals surface area contributed by atoms with E-state index in [9.17, 15) is 19.1 Å². The Labute approximate surface area is 152 Å². The predicted octanol–water partition coefficient (Wildman–Crippen LogP) is 3.48. The molecule has 0 spiro atoms. The van der Waals surface area contributed by atoms with Crippen LogP contribution >= 0.6 is 11.3 Å². The van der Waals surface area contributed by atoms with E-state index in [4.69, 9.17) is 9.47 Å². The van der Waals surface area contributed by atoms with Gasteiger partial charge in [-0.1, -0.05) is 0 Å². The van der Waals surface area contributed by atoms with Crippen molar-refractivity contribution in [3.8, 4) is 10.8 Å². The lowest BCUT2D eigenvalue weighted by molar-refractivity contribution is -0.136. The van der Waals surface area contributed by atoms with Gasteiger partial charge in [-0.15, -0.1) is 11.3 Å². The summed E-state index contributed by atoms with van der Waals surface area (Å²) in [6.07, 6.45) is -0.403. The molecule has 0 aliphatic carbocycles. The Morgan fingerprint density at radius 2 is 2.00 bits per heavy atom. The van der Waals surface area contributed by atoms with Gasteiger partial charge in [-0.25, -0.2) is 4.39 Å². The first-order valence-electron chi connectivity index (χ1n) is 7.64. The summed E-state index contributed by atoms with van der Waals surface area (Å²) < 4.78 is 26.3. The van der Waals surface area contributed by atoms with Crippen molar-refractivity contribution < 1.29 is 28.6 Å². The van der Waals surface area contributed by atoms with E-state index in [-0.39, 0.29) is 22.6 Å². The van der Waals surface area contributed by atoms with E-state index in [1.807, 2.05) is 0 Å². The van der Waals surface area contributed by atoms with Crippen LogP contribution in [-0.2, 0) is 11.2 Å². The lowest BCUT2D eigenvalue weighted by Gasteiger charge is -2.06. The van der Waals surface area contributed by atoms with Crippen molar-refractivity contribution >= 4 is 34.1 Å². The zero-order valence-electron chi connectivity index (χ0n) is 14.3. The number of aliphatic carboxylic acids is 1. The highest BCUT2D eigenvalue weighted by Gasteiger charge is 2.25. The molecule has 2 heterocycles. The van der Waals surface area contributed by atoms with Crippen molar-refractivity contribution in [1.29, 1.82) is 0 Å². The number of hydrogen-bond acceptors (Lipinski definition) is 5. The summed E-state index contributed by atoms with van der Waals surface area (Å²) in [5.74, 6) is -2.18. The molecule has 0 aliphatic rings. The predicted molar refractivity (Wildman–Crippen MR) is 95.1 cm³/mol. The van der Waals surface area contributed by atoms with Crippen molar-refractivity contribution in [2.45, 2.75) is 13.3 Å². The van der Waals surface area contributed by atoms with E-state index in [1.54, 1.807) is 24.4 Å². The van der Waals surface area contributed by atoms with Gasteiger partial charge in [0.2, 0.25) is 0 Å². The number of thiophene rings is 1. The second-order valence-corrected chi connectivity index (χ2v) is 6.48. The second-order valence-electron chi connectivity index (χ2n) is 5.61. The SMILES string of the molecule is COc1cc(C(=O)n2c(C)c(CC(=O)O)c3c(F)c(OC)ccc32)cs1. The average molecular weight is 377 g/mol. The minimum Gasteiger partial charge on any atom is -0.494 e. The summed E-state index contributed by atoms with van der Waals surface area (Å²) in [7, 11) is 2.83. The van der Waals surface area contributed by atoms with Gasteiger partial charge >= 0.3 is 5.97 Å². The summed E-state index contributed by atoms with van der Waals surface area (Å²) >= 11 is 1.27. The zero-order chi connectivity index (χ0) is 19.0. The Morgan fingerprint density at radius 3 is 2.58 bits per heavy atom. The van der Waals surface area contributed by atoms with Gasteiger partial charge in [0.1, 0.15) is 0 Å². The summed E-state index contributed by atoms with van der Waals surface area (Å²) in [6.45, 7) is 1.60. The number of aromatic nitrogens is 1. The Hall–Kier alpha value is -2.87. The Kier molecular flexibility index (Phi) is 4.69. The number of carboxylic acid groups (broad SMARTS) is 1. The first kappa shape index (κ1) is 17.9. The maximum absolute atomic E-state index is 14.8. The minimum absolute atomic E-state index is 0.00839.